The predicted octanol–water partition coefficient (Wildman–Crippen LogP) is 3.24. The van der Waals surface area contributed by atoms with E-state index in [4.69, 9.17) is 0 Å². The van der Waals surface area contributed by atoms with Crippen LogP contribution in [0.25, 0.3) is 0 Å². The lowest BCUT2D eigenvalue weighted by atomic mass is 10.2. The van der Waals surface area contributed by atoms with Crippen molar-refractivity contribution in [2.45, 2.75) is 53.6 Å². The Balaban J connectivity index is 0.000000494. The summed E-state index contributed by atoms with van der Waals surface area (Å²) in [5.41, 5.74) is 3.01. The predicted molar refractivity (Wildman–Crippen MR) is 64.9 cm³/mol. The molecule has 0 aliphatic carbocycles. The minimum atomic E-state index is -6.00. The third kappa shape index (κ3) is 5.55. The molecule has 0 saturated heterocycles. The van der Waals surface area contributed by atoms with E-state index in [2.05, 4.69) is 43.2 Å². The van der Waals surface area contributed by atoms with Crippen molar-refractivity contribution >= 4 is 7.25 Å². The highest BCUT2D eigenvalue weighted by Crippen LogP contribution is 2.08. The Morgan fingerprint density at radius 3 is 1.83 bits per heavy atom. The van der Waals surface area contributed by atoms with Crippen LogP contribution in [0.15, 0.2) is 6.33 Å². The summed E-state index contributed by atoms with van der Waals surface area (Å²) in [6.45, 7) is 11.1. The summed E-state index contributed by atoms with van der Waals surface area (Å²) in [5.74, 6) is 0. The lowest BCUT2D eigenvalue weighted by Crippen LogP contribution is -2.34. The maximum absolute atomic E-state index is 9.75. The monoisotopic (exact) mass is 268 g/mol. The van der Waals surface area contributed by atoms with E-state index in [0.717, 1.165) is 25.9 Å². The van der Waals surface area contributed by atoms with Crippen LogP contribution >= 0.6 is 0 Å². The highest BCUT2D eigenvalue weighted by molar-refractivity contribution is 6.50. The fourth-order valence-corrected chi connectivity index (χ4v) is 2.00. The molecule has 1 aromatic rings. The molecule has 1 rings (SSSR count). The lowest BCUT2D eigenvalue weighted by molar-refractivity contribution is -0.700. The van der Waals surface area contributed by atoms with Gasteiger partial charge in [0.2, 0.25) is 6.33 Å². The van der Waals surface area contributed by atoms with Crippen LogP contribution in [0.4, 0.5) is 17.3 Å². The van der Waals surface area contributed by atoms with Gasteiger partial charge in [-0.1, -0.05) is 13.8 Å². The normalized spacial score (nSPS) is 11.1. The van der Waals surface area contributed by atoms with Gasteiger partial charge < -0.3 is 17.3 Å². The zero-order valence-corrected chi connectivity index (χ0v) is 11.4. The standard InChI is InChI=1S/C11H21N2.BF4/c1-5-10-11(6-2)13(8-4)9-12(10)7-3;2-1(3,4)5/h9H,5-8H2,1-4H3;/q+1;-1. The van der Waals surface area contributed by atoms with E-state index in [-0.39, 0.29) is 0 Å². The van der Waals surface area contributed by atoms with Gasteiger partial charge in [0.25, 0.3) is 0 Å². The molecule has 0 radical (unpaired) electrons. The third-order valence-corrected chi connectivity index (χ3v) is 2.66. The van der Waals surface area contributed by atoms with Gasteiger partial charge in [-0.2, -0.15) is 0 Å². The van der Waals surface area contributed by atoms with Crippen molar-refractivity contribution < 1.29 is 21.8 Å². The number of aromatic nitrogens is 2. The summed E-state index contributed by atoms with van der Waals surface area (Å²) in [6, 6.07) is 0. The topological polar surface area (TPSA) is 8.81 Å². The summed E-state index contributed by atoms with van der Waals surface area (Å²) < 4.78 is 43.7. The SMILES string of the molecule is CCc1c(CC)[n+](CC)cn1CC.F[B-](F)(F)F. The zero-order chi connectivity index (χ0) is 14.3. The second kappa shape index (κ2) is 7.43. The first-order chi connectivity index (χ1) is 8.28. The fraction of sp³-hybridized carbons (Fsp3) is 0.727. The Kier molecular flexibility index (Phi) is 7.02. The second-order valence-corrected chi connectivity index (χ2v) is 3.78. The van der Waals surface area contributed by atoms with Crippen LogP contribution < -0.4 is 4.57 Å². The first kappa shape index (κ1) is 17.0. The molecule has 0 N–H and O–H groups in total. The molecule has 0 amide bonds. The van der Waals surface area contributed by atoms with Gasteiger partial charge >= 0.3 is 7.25 Å². The first-order valence-corrected chi connectivity index (χ1v) is 6.25. The molecule has 0 fully saturated rings. The van der Waals surface area contributed by atoms with Crippen molar-refractivity contribution in [2.24, 2.45) is 0 Å². The van der Waals surface area contributed by atoms with Crippen molar-refractivity contribution in [1.29, 1.82) is 0 Å². The van der Waals surface area contributed by atoms with Crippen molar-refractivity contribution in [3.05, 3.63) is 17.7 Å². The van der Waals surface area contributed by atoms with Gasteiger partial charge in [0.1, 0.15) is 11.4 Å². The number of aryl methyl sites for hydroxylation is 2. The molecule has 0 saturated carbocycles. The van der Waals surface area contributed by atoms with Crippen molar-refractivity contribution in [2.75, 3.05) is 0 Å². The van der Waals surface area contributed by atoms with Gasteiger partial charge in [0, 0.05) is 12.8 Å². The van der Waals surface area contributed by atoms with E-state index in [9.17, 15) is 17.3 Å². The molecule has 7 heteroatoms. The Morgan fingerprint density at radius 1 is 1.06 bits per heavy atom. The van der Waals surface area contributed by atoms with Crippen LogP contribution in [-0.2, 0) is 25.9 Å². The van der Waals surface area contributed by atoms with Gasteiger partial charge in [-0.05, 0) is 13.8 Å². The Labute approximate surface area is 106 Å². The molecule has 0 atom stereocenters. The minimum Gasteiger partial charge on any atom is -0.418 e. The highest BCUT2D eigenvalue weighted by Gasteiger charge is 2.20. The summed E-state index contributed by atoms with van der Waals surface area (Å²) in [5, 5.41) is 0. The smallest absolute Gasteiger partial charge is 0.418 e. The van der Waals surface area contributed by atoms with E-state index in [1.54, 1.807) is 0 Å². The molecule has 0 bridgehead atoms. The molecule has 0 aliphatic heterocycles. The van der Waals surface area contributed by atoms with Crippen LogP contribution in [0.1, 0.15) is 39.1 Å². The largest absolute Gasteiger partial charge is 0.673 e. The van der Waals surface area contributed by atoms with E-state index in [0.29, 0.717) is 0 Å². The third-order valence-electron chi connectivity index (χ3n) is 2.66. The Bertz CT molecular complexity index is 328. The van der Waals surface area contributed by atoms with Gasteiger partial charge in [0.05, 0.1) is 13.1 Å². The molecule has 1 heterocycles. The van der Waals surface area contributed by atoms with E-state index < -0.39 is 7.25 Å². The number of hydrogen-bond donors (Lipinski definition) is 0. The number of rotatable bonds is 4. The molecule has 106 valence electrons. The van der Waals surface area contributed by atoms with Crippen LogP contribution in [0.2, 0.25) is 0 Å². The molecule has 0 aliphatic rings. The summed E-state index contributed by atoms with van der Waals surface area (Å²) in [4.78, 5) is 0. The van der Waals surface area contributed by atoms with Crippen LogP contribution in [-0.4, -0.2) is 11.8 Å². The van der Waals surface area contributed by atoms with Crippen molar-refractivity contribution in [3.63, 3.8) is 0 Å². The summed E-state index contributed by atoms with van der Waals surface area (Å²) in [7, 11) is -6.00. The van der Waals surface area contributed by atoms with Crippen LogP contribution in [0, 0.1) is 0 Å². The molecular formula is C11H21BF4N2. The molecule has 0 unspecified atom stereocenters. The van der Waals surface area contributed by atoms with E-state index in [1.165, 1.54) is 11.4 Å². The second-order valence-electron chi connectivity index (χ2n) is 3.78. The molecule has 0 spiro atoms. The molecule has 1 aromatic heterocycles. The average Bonchev–Trinajstić information content (AvgIpc) is 2.63. The Hall–Kier alpha value is -1.01. The lowest BCUT2D eigenvalue weighted by Gasteiger charge is -1.97. The van der Waals surface area contributed by atoms with Gasteiger partial charge in [-0.15, -0.1) is 0 Å². The zero-order valence-electron chi connectivity index (χ0n) is 11.4. The molecule has 0 aromatic carbocycles. The van der Waals surface area contributed by atoms with Crippen molar-refractivity contribution in [3.8, 4) is 0 Å². The molecule has 18 heavy (non-hydrogen) atoms. The van der Waals surface area contributed by atoms with Gasteiger partial charge in [0.15, 0.2) is 0 Å². The number of hydrogen-bond acceptors (Lipinski definition) is 0. The fourth-order valence-electron chi connectivity index (χ4n) is 2.00. The number of imidazole rings is 1. The quantitative estimate of drug-likeness (QED) is 0.450. The van der Waals surface area contributed by atoms with Gasteiger partial charge in [-0.3, -0.25) is 0 Å². The maximum Gasteiger partial charge on any atom is 0.673 e. The average molecular weight is 268 g/mol. The Morgan fingerprint density at radius 2 is 1.56 bits per heavy atom. The number of halogens is 4. The van der Waals surface area contributed by atoms with Gasteiger partial charge in [-0.25, -0.2) is 9.13 Å². The molecular weight excluding hydrogens is 247 g/mol. The van der Waals surface area contributed by atoms with Crippen molar-refractivity contribution in [1.82, 2.24) is 4.57 Å². The van der Waals surface area contributed by atoms with Crippen LogP contribution in [0.5, 0.6) is 0 Å². The minimum absolute atomic E-state index is 1.09. The van der Waals surface area contributed by atoms with Crippen LogP contribution in [0.3, 0.4) is 0 Å². The number of nitrogens with zero attached hydrogens (tertiary/aromatic N) is 2. The maximum atomic E-state index is 9.75. The summed E-state index contributed by atoms with van der Waals surface area (Å²) in [6.07, 6.45) is 4.53. The van der Waals surface area contributed by atoms with E-state index in [1.807, 2.05) is 0 Å². The highest BCUT2D eigenvalue weighted by atomic mass is 19.5. The molecule has 2 nitrogen and oxygen atoms in total. The van der Waals surface area contributed by atoms with E-state index >= 15 is 0 Å². The summed E-state index contributed by atoms with van der Waals surface area (Å²) >= 11 is 0. The first-order valence-electron chi connectivity index (χ1n) is 6.25.